The predicted molar refractivity (Wildman–Crippen MR) is 63.6 cm³/mol. The largest absolute Gasteiger partial charge is 0.399 e. The highest BCUT2D eigenvalue weighted by atomic mass is 79.9. The first-order chi connectivity index (χ1) is 6.08. The topological polar surface area (TPSA) is 26.0 Å². The lowest BCUT2D eigenvalue weighted by molar-refractivity contribution is 1.06. The molecule has 0 amide bonds. The van der Waals surface area contributed by atoms with Crippen molar-refractivity contribution in [2.45, 2.75) is 34.1 Å². The summed E-state index contributed by atoms with van der Waals surface area (Å²) in [5.74, 6) is 0. The summed E-state index contributed by atoms with van der Waals surface area (Å²) in [5, 5.41) is 0. The Balaban J connectivity index is 5.14. The van der Waals surface area contributed by atoms with Crippen molar-refractivity contribution in [2.75, 3.05) is 0 Å². The minimum absolute atomic E-state index is 0.874. The van der Waals surface area contributed by atoms with Crippen LogP contribution in [-0.2, 0) is 0 Å². The van der Waals surface area contributed by atoms with E-state index < -0.39 is 0 Å². The van der Waals surface area contributed by atoms with Gasteiger partial charge in [-0.3, -0.25) is 0 Å². The molecule has 2 heteroatoms. The zero-order valence-corrected chi connectivity index (χ0v) is 10.4. The van der Waals surface area contributed by atoms with E-state index in [0.717, 1.165) is 16.6 Å². The fourth-order valence-electron chi connectivity index (χ4n) is 1.22. The molecule has 0 aromatic carbocycles. The van der Waals surface area contributed by atoms with Crippen LogP contribution < -0.4 is 5.73 Å². The molecule has 0 aliphatic rings. The first-order valence-corrected chi connectivity index (χ1v) is 5.31. The molecule has 0 aromatic heterocycles. The van der Waals surface area contributed by atoms with E-state index >= 15 is 0 Å². The quantitative estimate of drug-likeness (QED) is 0.749. The van der Waals surface area contributed by atoms with Crippen molar-refractivity contribution in [1.29, 1.82) is 0 Å². The van der Waals surface area contributed by atoms with Crippen LogP contribution in [0.2, 0.25) is 0 Å². The smallest absolute Gasteiger partial charge is 0.0306 e. The third kappa shape index (κ3) is 3.39. The summed E-state index contributed by atoms with van der Waals surface area (Å²) in [7, 11) is 0. The van der Waals surface area contributed by atoms with E-state index in [1.807, 2.05) is 26.0 Å². The van der Waals surface area contributed by atoms with E-state index in [2.05, 4.69) is 29.8 Å². The van der Waals surface area contributed by atoms with Crippen molar-refractivity contribution < 1.29 is 0 Å². The second-order valence-corrected chi connectivity index (χ2v) is 3.69. The Morgan fingerprint density at radius 3 is 2.15 bits per heavy atom. The molecule has 0 rings (SSSR count). The molecular formula is C11H18BrN. The van der Waals surface area contributed by atoms with Crippen LogP contribution in [0.5, 0.6) is 0 Å². The molecule has 0 saturated heterocycles. The summed E-state index contributed by atoms with van der Waals surface area (Å²) in [6, 6.07) is 0. The molecule has 0 aromatic rings. The van der Waals surface area contributed by atoms with Gasteiger partial charge in [-0.1, -0.05) is 35.0 Å². The van der Waals surface area contributed by atoms with Gasteiger partial charge < -0.3 is 5.73 Å². The molecule has 0 aliphatic carbocycles. The standard InChI is InChI=1S/C11H18BrN/c1-5-9(11(13)7-3)8(4)10(12)6-2/h6-7H,5,13H2,1-4H3/b9-8-,10-6+,11-7+. The van der Waals surface area contributed by atoms with Gasteiger partial charge in [-0.05, 0) is 38.3 Å². The van der Waals surface area contributed by atoms with Crippen LogP contribution in [0.3, 0.4) is 0 Å². The Bertz CT molecular complexity index is 259. The van der Waals surface area contributed by atoms with Crippen molar-refractivity contribution in [3.8, 4) is 0 Å². The Kier molecular flexibility index (Phi) is 5.80. The van der Waals surface area contributed by atoms with Gasteiger partial charge in [0.1, 0.15) is 0 Å². The van der Waals surface area contributed by atoms with Crippen LogP contribution in [0, 0.1) is 0 Å². The van der Waals surface area contributed by atoms with Crippen LogP contribution in [0.4, 0.5) is 0 Å². The summed E-state index contributed by atoms with van der Waals surface area (Å²) >= 11 is 3.50. The van der Waals surface area contributed by atoms with E-state index in [4.69, 9.17) is 5.73 Å². The lowest BCUT2D eigenvalue weighted by Crippen LogP contribution is -2.02. The van der Waals surface area contributed by atoms with Crippen molar-refractivity contribution in [3.63, 3.8) is 0 Å². The lowest BCUT2D eigenvalue weighted by Gasteiger charge is -2.10. The second-order valence-electron chi connectivity index (χ2n) is 2.84. The van der Waals surface area contributed by atoms with E-state index in [1.54, 1.807) is 0 Å². The van der Waals surface area contributed by atoms with Gasteiger partial charge in [0.15, 0.2) is 0 Å². The predicted octanol–water partition coefficient (Wildman–Crippen LogP) is 3.87. The maximum atomic E-state index is 5.88. The summed E-state index contributed by atoms with van der Waals surface area (Å²) in [4.78, 5) is 0. The third-order valence-electron chi connectivity index (χ3n) is 2.08. The number of halogens is 1. The monoisotopic (exact) mass is 243 g/mol. The summed E-state index contributed by atoms with van der Waals surface area (Å²) < 4.78 is 1.12. The molecule has 74 valence electrons. The fraction of sp³-hybridized carbons (Fsp3) is 0.455. The minimum Gasteiger partial charge on any atom is -0.399 e. The van der Waals surface area contributed by atoms with Crippen LogP contribution in [0.1, 0.15) is 34.1 Å². The lowest BCUT2D eigenvalue weighted by atomic mass is 10.0. The van der Waals surface area contributed by atoms with Gasteiger partial charge in [-0.2, -0.15) is 0 Å². The summed E-state index contributed by atoms with van der Waals surface area (Å²) in [6.45, 7) is 8.17. The second kappa shape index (κ2) is 6.03. The van der Waals surface area contributed by atoms with Gasteiger partial charge >= 0.3 is 0 Å². The number of hydrogen-bond acceptors (Lipinski definition) is 1. The fourth-order valence-corrected chi connectivity index (χ4v) is 1.46. The van der Waals surface area contributed by atoms with E-state index in [-0.39, 0.29) is 0 Å². The van der Waals surface area contributed by atoms with E-state index in [9.17, 15) is 0 Å². The zero-order chi connectivity index (χ0) is 10.4. The minimum atomic E-state index is 0.874. The SMILES string of the molecule is C\C=C(N)/C(CC)=C(C)\C(Br)=C/C. The van der Waals surface area contributed by atoms with Gasteiger partial charge in [-0.25, -0.2) is 0 Å². The number of allylic oxidation sites excluding steroid dienone is 5. The van der Waals surface area contributed by atoms with Crippen molar-refractivity contribution in [3.05, 3.63) is 33.5 Å². The van der Waals surface area contributed by atoms with Crippen molar-refractivity contribution in [1.82, 2.24) is 0 Å². The van der Waals surface area contributed by atoms with Gasteiger partial charge in [0.25, 0.3) is 0 Å². The van der Waals surface area contributed by atoms with Gasteiger partial charge in [-0.15, -0.1) is 0 Å². The third-order valence-corrected chi connectivity index (χ3v) is 3.13. The molecular weight excluding hydrogens is 226 g/mol. The number of hydrogen-bond donors (Lipinski definition) is 1. The van der Waals surface area contributed by atoms with E-state index in [0.29, 0.717) is 0 Å². The molecule has 0 aliphatic heterocycles. The van der Waals surface area contributed by atoms with Crippen LogP contribution >= 0.6 is 15.9 Å². The van der Waals surface area contributed by atoms with Crippen LogP contribution in [-0.4, -0.2) is 0 Å². The zero-order valence-electron chi connectivity index (χ0n) is 8.82. The van der Waals surface area contributed by atoms with Crippen molar-refractivity contribution >= 4 is 15.9 Å². The first-order valence-electron chi connectivity index (χ1n) is 4.52. The van der Waals surface area contributed by atoms with Gasteiger partial charge in [0.2, 0.25) is 0 Å². The van der Waals surface area contributed by atoms with Crippen molar-refractivity contribution in [2.24, 2.45) is 5.73 Å². The molecule has 0 bridgehead atoms. The highest BCUT2D eigenvalue weighted by Gasteiger charge is 2.04. The highest BCUT2D eigenvalue weighted by Crippen LogP contribution is 2.24. The molecule has 2 N–H and O–H groups in total. The molecule has 13 heavy (non-hydrogen) atoms. The summed E-state index contributed by atoms with van der Waals surface area (Å²) in [5.41, 5.74) is 9.19. The Labute approximate surface area is 89.5 Å². The van der Waals surface area contributed by atoms with Gasteiger partial charge in [0.05, 0.1) is 0 Å². The molecule has 0 fully saturated rings. The summed E-state index contributed by atoms with van der Waals surface area (Å²) in [6.07, 6.45) is 4.94. The molecule has 0 radical (unpaired) electrons. The molecule has 0 heterocycles. The Morgan fingerprint density at radius 2 is 1.85 bits per heavy atom. The first kappa shape index (κ1) is 12.5. The average Bonchev–Trinajstić information content (AvgIpc) is 2.17. The van der Waals surface area contributed by atoms with Crippen LogP contribution in [0.15, 0.2) is 33.5 Å². The van der Waals surface area contributed by atoms with Gasteiger partial charge in [0, 0.05) is 10.2 Å². The average molecular weight is 244 g/mol. The Hall–Kier alpha value is -0.500. The molecule has 0 spiro atoms. The molecule has 0 saturated carbocycles. The molecule has 0 atom stereocenters. The van der Waals surface area contributed by atoms with Crippen LogP contribution in [0.25, 0.3) is 0 Å². The highest BCUT2D eigenvalue weighted by molar-refractivity contribution is 9.12. The normalized spacial score (nSPS) is 15.8. The Morgan fingerprint density at radius 1 is 1.31 bits per heavy atom. The molecule has 1 nitrogen and oxygen atoms in total. The number of rotatable bonds is 3. The maximum absolute atomic E-state index is 5.88. The molecule has 0 unspecified atom stereocenters. The number of nitrogens with two attached hydrogens (primary N) is 1. The maximum Gasteiger partial charge on any atom is 0.0306 e. The van der Waals surface area contributed by atoms with E-state index in [1.165, 1.54) is 11.1 Å².